The van der Waals surface area contributed by atoms with Crippen molar-refractivity contribution < 1.29 is 18.3 Å². The molecule has 2 rings (SSSR count). The van der Waals surface area contributed by atoms with Crippen molar-refractivity contribution in [2.24, 2.45) is 5.92 Å². The Bertz CT molecular complexity index is 711. The number of nitriles is 1. The molecule has 8 heteroatoms. The van der Waals surface area contributed by atoms with Gasteiger partial charge in [0.1, 0.15) is 11.0 Å². The van der Waals surface area contributed by atoms with Gasteiger partial charge in [-0.2, -0.15) is 5.26 Å². The highest BCUT2D eigenvalue weighted by molar-refractivity contribution is 7.89. The van der Waals surface area contributed by atoms with Crippen LogP contribution in [-0.4, -0.2) is 25.5 Å². The van der Waals surface area contributed by atoms with Crippen LogP contribution < -0.4 is 4.72 Å². The van der Waals surface area contributed by atoms with Gasteiger partial charge in [0, 0.05) is 11.1 Å². The molecule has 1 saturated carbocycles. The highest BCUT2D eigenvalue weighted by atomic mass is 35.5. The average Bonchev–Trinajstić information content (AvgIpc) is 2.86. The molecule has 6 nitrogen and oxygen atoms in total. The fourth-order valence-corrected chi connectivity index (χ4v) is 4.20. The van der Waals surface area contributed by atoms with Crippen molar-refractivity contribution in [3.8, 4) is 6.07 Å². The highest BCUT2D eigenvalue weighted by Crippen LogP contribution is 2.28. The lowest BCUT2D eigenvalue weighted by molar-refractivity contribution is -0.141. The number of sulfonamides is 1. The summed E-state index contributed by atoms with van der Waals surface area (Å²) < 4.78 is 27.1. The summed E-state index contributed by atoms with van der Waals surface area (Å²) in [5.74, 6) is -1.77. The van der Waals surface area contributed by atoms with E-state index in [9.17, 15) is 13.2 Å². The van der Waals surface area contributed by atoms with Crippen LogP contribution in [-0.2, 0) is 14.8 Å². The summed E-state index contributed by atoms with van der Waals surface area (Å²) in [6, 6.07) is 5.06. The third-order valence-electron chi connectivity index (χ3n) is 3.49. The van der Waals surface area contributed by atoms with Crippen molar-refractivity contribution in [3.63, 3.8) is 0 Å². The first-order chi connectivity index (χ1) is 9.85. The lowest BCUT2D eigenvalue weighted by Gasteiger charge is -2.18. The topological polar surface area (TPSA) is 107 Å². The second-order valence-corrected chi connectivity index (χ2v) is 6.97. The van der Waals surface area contributed by atoms with Gasteiger partial charge in [0.15, 0.2) is 0 Å². The number of hydrogen-bond acceptors (Lipinski definition) is 4. The Morgan fingerprint density at radius 2 is 2.14 bits per heavy atom. The predicted octanol–water partition coefficient (Wildman–Crippen LogP) is 1.74. The van der Waals surface area contributed by atoms with Crippen molar-refractivity contribution in [2.45, 2.75) is 30.2 Å². The minimum absolute atomic E-state index is 0.0308. The summed E-state index contributed by atoms with van der Waals surface area (Å²) >= 11 is 5.78. The minimum atomic E-state index is -4.00. The van der Waals surface area contributed by atoms with Crippen LogP contribution in [0.4, 0.5) is 0 Å². The van der Waals surface area contributed by atoms with Gasteiger partial charge in [-0.1, -0.05) is 18.0 Å². The van der Waals surface area contributed by atoms with Crippen LogP contribution in [0, 0.1) is 17.2 Å². The molecular weight excluding hydrogens is 316 g/mol. The number of carbonyl (C=O) groups is 1. The van der Waals surface area contributed by atoms with Crippen molar-refractivity contribution in [3.05, 3.63) is 28.8 Å². The summed E-state index contributed by atoms with van der Waals surface area (Å²) in [4.78, 5) is 10.9. The molecule has 1 aliphatic carbocycles. The molecule has 0 spiro atoms. The zero-order valence-corrected chi connectivity index (χ0v) is 12.5. The molecule has 0 heterocycles. The van der Waals surface area contributed by atoms with Gasteiger partial charge in [-0.3, -0.25) is 4.79 Å². The Hall–Kier alpha value is -1.62. The zero-order chi connectivity index (χ0) is 15.6. The molecule has 1 aromatic carbocycles. The Morgan fingerprint density at radius 3 is 2.76 bits per heavy atom. The van der Waals surface area contributed by atoms with Crippen LogP contribution in [0.1, 0.15) is 24.8 Å². The van der Waals surface area contributed by atoms with Gasteiger partial charge in [-0.25, -0.2) is 13.1 Å². The fraction of sp³-hybridized carbons (Fsp3) is 0.385. The Morgan fingerprint density at radius 1 is 1.43 bits per heavy atom. The van der Waals surface area contributed by atoms with E-state index in [2.05, 4.69) is 4.72 Å². The number of benzene rings is 1. The molecule has 2 N–H and O–H groups in total. The van der Waals surface area contributed by atoms with Crippen LogP contribution >= 0.6 is 11.6 Å². The van der Waals surface area contributed by atoms with E-state index in [4.69, 9.17) is 22.0 Å². The summed E-state index contributed by atoms with van der Waals surface area (Å²) in [5, 5.41) is 18.3. The van der Waals surface area contributed by atoms with Crippen LogP contribution in [0.5, 0.6) is 0 Å². The normalized spacial score (nSPS) is 21.9. The molecular formula is C13H13ClN2O4S. The zero-order valence-electron chi connectivity index (χ0n) is 10.9. The maximum Gasteiger partial charge on any atom is 0.308 e. The Labute approximate surface area is 127 Å². The van der Waals surface area contributed by atoms with Crippen LogP contribution in [0.2, 0.25) is 5.02 Å². The summed E-state index contributed by atoms with van der Waals surface area (Å²) in [5.41, 5.74) is -0.0308. The maximum absolute atomic E-state index is 12.4. The first kappa shape index (κ1) is 15.8. The van der Waals surface area contributed by atoms with Crippen LogP contribution in [0.25, 0.3) is 0 Å². The standard InChI is InChI=1S/C13H13ClN2O4S/c14-9-5-4-8(7-15)12(6-9)21(19,20)16-11-3-1-2-10(11)13(17)18/h4-6,10-11,16H,1-3H2,(H,17,18). The number of carboxylic acid groups (broad SMARTS) is 1. The smallest absolute Gasteiger partial charge is 0.308 e. The molecule has 0 saturated heterocycles. The van der Waals surface area contributed by atoms with Crippen molar-refractivity contribution >= 4 is 27.6 Å². The summed E-state index contributed by atoms with van der Waals surface area (Å²) in [6.45, 7) is 0. The van der Waals surface area contributed by atoms with Gasteiger partial charge >= 0.3 is 5.97 Å². The van der Waals surface area contributed by atoms with E-state index in [-0.39, 0.29) is 15.5 Å². The van der Waals surface area contributed by atoms with Gasteiger partial charge in [-0.05, 0) is 31.0 Å². The van der Waals surface area contributed by atoms with Crippen molar-refractivity contribution in [1.29, 1.82) is 5.26 Å². The van der Waals surface area contributed by atoms with Crippen LogP contribution in [0.3, 0.4) is 0 Å². The summed E-state index contributed by atoms with van der Waals surface area (Å²) in [7, 11) is -4.00. The Kier molecular flexibility index (Phi) is 4.52. The molecule has 2 atom stereocenters. The number of aliphatic carboxylic acids is 1. The van der Waals surface area contributed by atoms with E-state index in [1.807, 2.05) is 0 Å². The van der Waals surface area contributed by atoms with E-state index in [1.165, 1.54) is 18.2 Å². The second-order valence-electron chi connectivity index (χ2n) is 4.86. The van der Waals surface area contributed by atoms with Gasteiger partial charge in [-0.15, -0.1) is 0 Å². The maximum atomic E-state index is 12.4. The van der Waals surface area contributed by atoms with Gasteiger partial charge in [0.25, 0.3) is 0 Å². The molecule has 0 bridgehead atoms. The monoisotopic (exact) mass is 328 g/mol. The van der Waals surface area contributed by atoms with E-state index >= 15 is 0 Å². The van der Waals surface area contributed by atoms with Crippen LogP contribution in [0.15, 0.2) is 23.1 Å². The van der Waals surface area contributed by atoms with Gasteiger partial charge < -0.3 is 5.11 Å². The number of nitrogens with zero attached hydrogens (tertiary/aromatic N) is 1. The Balaban J connectivity index is 2.33. The largest absolute Gasteiger partial charge is 0.481 e. The number of rotatable bonds is 4. The third kappa shape index (κ3) is 3.35. The third-order valence-corrected chi connectivity index (χ3v) is 5.26. The molecule has 1 aliphatic rings. The van der Waals surface area contributed by atoms with Crippen molar-refractivity contribution in [2.75, 3.05) is 0 Å². The molecule has 1 aromatic rings. The number of nitrogens with one attached hydrogen (secondary N) is 1. The first-order valence-electron chi connectivity index (χ1n) is 6.30. The molecule has 0 aromatic heterocycles. The molecule has 1 fully saturated rings. The van der Waals surface area contributed by atoms with Gasteiger partial charge in [0.2, 0.25) is 10.0 Å². The minimum Gasteiger partial charge on any atom is -0.481 e. The highest BCUT2D eigenvalue weighted by Gasteiger charge is 2.36. The van der Waals surface area contributed by atoms with E-state index < -0.39 is 28.0 Å². The predicted molar refractivity (Wildman–Crippen MR) is 75.3 cm³/mol. The molecule has 2 unspecified atom stereocenters. The second kappa shape index (κ2) is 6.02. The quantitative estimate of drug-likeness (QED) is 0.875. The number of halogens is 1. The fourth-order valence-electron chi connectivity index (χ4n) is 2.47. The summed E-state index contributed by atoms with van der Waals surface area (Å²) in [6.07, 6.45) is 1.53. The first-order valence-corrected chi connectivity index (χ1v) is 8.16. The molecule has 0 radical (unpaired) electrons. The number of hydrogen-bond donors (Lipinski definition) is 2. The van der Waals surface area contributed by atoms with E-state index in [0.29, 0.717) is 19.3 Å². The van der Waals surface area contributed by atoms with E-state index in [1.54, 1.807) is 6.07 Å². The van der Waals surface area contributed by atoms with E-state index in [0.717, 1.165) is 0 Å². The average molecular weight is 329 g/mol. The molecule has 0 aliphatic heterocycles. The molecule has 0 amide bonds. The van der Waals surface area contributed by atoms with Crippen molar-refractivity contribution in [1.82, 2.24) is 4.72 Å². The molecule has 21 heavy (non-hydrogen) atoms. The van der Waals surface area contributed by atoms with Gasteiger partial charge in [0.05, 0.1) is 11.5 Å². The molecule has 112 valence electrons. The lowest BCUT2D eigenvalue weighted by atomic mass is 10.1. The SMILES string of the molecule is N#Cc1ccc(Cl)cc1S(=O)(=O)NC1CCCC1C(=O)O. The lowest BCUT2D eigenvalue weighted by Crippen LogP contribution is -2.40. The number of carboxylic acids is 1.